The van der Waals surface area contributed by atoms with Crippen LogP contribution >= 0.6 is 11.3 Å². The van der Waals surface area contributed by atoms with Gasteiger partial charge in [0.1, 0.15) is 9.88 Å². The first-order valence-electron chi connectivity index (χ1n) is 6.15. The number of nitrogens with zero attached hydrogens (tertiary/aromatic N) is 1. The number of morpholine rings is 1. The Kier molecular flexibility index (Phi) is 4.68. The normalized spacial score (nSPS) is 19.8. The molecule has 1 fully saturated rings. The minimum absolute atomic E-state index is 0.0952. The molecule has 1 N–H and O–H groups in total. The number of hydrogen-bond donors (Lipinski definition) is 1. The van der Waals surface area contributed by atoms with Crippen LogP contribution in [0.15, 0.2) is 0 Å². The van der Waals surface area contributed by atoms with Crippen LogP contribution in [0, 0.1) is 0 Å². The van der Waals surface area contributed by atoms with Crippen LogP contribution in [0.25, 0.3) is 0 Å². The summed E-state index contributed by atoms with van der Waals surface area (Å²) in [5.74, 6) is -0.293. The first kappa shape index (κ1) is 13.5. The standard InChI is InChI=1S/C12H18N2O3S/c1-3-4-8-10(12(15)16-2)18-11(14-8)9-7-17-6-5-13-9/h9,13H,3-7H2,1-2H3. The molecule has 1 unspecified atom stereocenters. The number of carbonyl (C=O) groups excluding carboxylic acids is 1. The van der Waals surface area contributed by atoms with E-state index in [0.717, 1.165) is 36.7 Å². The van der Waals surface area contributed by atoms with Gasteiger partial charge in [-0.1, -0.05) is 13.3 Å². The molecular formula is C12H18N2O3S. The minimum atomic E-state index is -0.293. The molecular weight excluding hydrogens is 252 g/mol. The zero-order valence-electron chi connectivity index (χ0n) is 10.7. The Morgan fingerprint density at radius 1 is 1.67 bits per heavy atom. The summed E-state index contributed by atoms with van der Waals surface area (Å²) < 4.78 is 10.2. The van der Waals surface area contributed by atoms with Gasteiger partial charge in [-0.15, -0.1) is 11.3 Å². The molecule has 1 aromatic heterocycles. The summed E-state index contributed by atoms with van der Waals surface area (Å²) >= 11 is 1.41. The Bertz CT molecular complexity index is 413. The fraction of sp³-hybridized carbons (Fsp3) is 0.667. The van der Waals surface area contributed by atoms with Crippen LogP contribution in [0.1, 0.15) is 39.8 Å². The quantitative estimate of drug-likeness (QED) is 0.841. The Hall–Kier alpha value is -0.980. The molecule has 100 valence electrons. The summed E-state index contributed by atoms with van der Waals surface area (Å²) in [4.78, 5) is 16.9. The van der Waals surface area contributed by atoms with Crippen molar-refractivity contribution < 1.29 is 14.3 Å². The van der Waals surface area contributed by atoms with Gasteiger partial charge < -0.3 is 14.8 Å². The summed E-state index contributed by atoms with van der Waals surface area (Å²) in [5.41, 5.74) is 0.844. The van der Waals surface area contributed by atoms with Crippen LogP contribution in [0.3, 0.4) is 0 Å². The maximum atomic E-state index is 11.7. The predicted molar refractivity (Wildman–Crippen MR) is 69.0 cm³/mol. The lowest BCUT2D eigenvalue weighted by Gasteiger charge is -2.21. The van der Waals surface area contributed by atoms with Gasteiger partial charge in [-0.3, -0.25) is 0 Å². The van der Waals surface area contributed by atoms with E-state index in [1.54, 1.807) is 0 Å². The first-order valence-corrected chi connectivity index (χ1v) is 6.97. The van der Waals surface area contributed by atoms with Gasteiger partial charge >= 0.3 is 5.97 Å². The number of rotatable bonds is 4. The minimum Gasteiger partial charge on any atom is -0.465 e. The molecule has 1 atom stereocenters. The van der Waals surface area contributed by atoms with Crippen LogP contribution < -0.4 is 5.32 Å². The number of ether oxygens (including phenoxy) is 2. The van der Waals surface area contributed by atoms with Crippen LogP contribution in [0.2, 0.25) is 0 Å². The van der Waals surface area contributed by atoms with E-state index < -0.39 is 0 Å². The molecule has 18 heavy (non-hydrogen) atoms. The fourth-order valence-corrected chi connectivity index (χ4v) is 2.99. The van der Waals surface area contributed by atoms with Gasteiger partial charge in [-0.05, 0) is 6.42 Å². The van der Waals surface area contributed by atoms with Crippen LogP contribution in [0.4, 0.5) is 0 Å². The molecule has 0 aromatic carbocycles. The van der Waals surface area contributed by atoms with Crippen molar-refractivity contribution in [2.75, 3.05) is 26.9 Å². The van der Waals surface area contributed by atoms with E-state index in [9.17, 15) is 4.79 Å². The summed E-state index contributed by atoms with van der Waals surface area (Å²) in [6.45, 7) is 4.23. The third-order valence-corrected chi connectivity index (χ3v) is 3.98. The van der Waals surface area contributed by atoms with Crippen molar-refractivity contribution in [3.05, 3.63) is 15.6 Å². The van der Waals surface area contributed by atoms with E-state index in [2.05, 4.69) is 17.2 Å². The maximum absolute atomic E-state index is 11.7. The van der Waals surface area contributed by atoms with Gasteiger partial charge in [0.2, 0.25) is 0 Å². The third kappa shape index (κ3) is 2.88. The largest absolute Gasteiger partial charge is 0.465 e. The molecule has 1 aliphatic heterocycles. The van der Waals surface area contributed by atoms with Gasteiger partial charge in [0.25, 0.3) is 0 Å². The number of nitrogens with one attached hydrogen (secondary N) is 1. The van der Waals surface area contributed by atoms with Gasteiger partial charge in [-0.25, -0.2) is 9.78 Å². The lowest BCUT2D eigenvalue weighted by Crippen LogP contribution is -2.34. The van der Waals surface area contributed by atoms with E-state index >= 15 is 0 Å². The summed E-state index contributed by atoms with van der Waals surface area (Å²) in [6, 6.07) is 0.0952. The smallest absolute Gasteiger partial charge is 0.349 e. The lowest BCUT2D eigenvalue weighted by molar-refractivity contribution is 0.0605. The van der Waals surface area contributed by atoms with E-state index in [4.69, 9.17) is 9.47 Å². The highest BCUT2D eigenvalue weighted by Crippen LogP contribution is 2.26. The van der Waals surface area contributed by atoms with Gasteiger partial charge in [-0.2, -0.15) is 0 Å². The van der Waals surface area contributed by atoms with Crippen molar-refractivity contribution in [3.8, 4) is 0 Å². The highest BCUT2D eigenvalue weighted by Gasteiger charge is 2.24. The number of methoxy groups -OCH3 is 1. The SMILES string of the molecule is CCCc1nc(C2COCCN2)sc1C(=O)OC. The highest BCUT2D eigenvalue weighted by molar-refractivity contribution is 7.13. The first-order chi connectivity index (χ1) is 8.76. The van der Waals surface area contributed by atoms with Crippen molar-refractivity contribution in [2.24, 2.45) is 0 Å². The lowest BCUT2D eigenvalue weighted by atomic mass is 10.2. The van der Waals surface area contributed by atoms with Crippen molar-refractivity contribution in [1.29, 1.82) is 0 Å². The molecule has 0 bridgehead atoms. The average Bonchev–Trinajstić information content (AvgIpc) is 2.83. The van der Waals surface area contributed by atoms with Crippen molar-refractivity contribution in [3.63, 3.8) is 0 Å². The number of esters is 1. The Morgan fingerprint density at radius 3 is 3.11 bits per heavy atom. The van der Waals surface area contributed by atoms with Crippen molar-refractivity contribution >= 4 is 17.3 Å². The molecule has 0 radical (unpaired) electrons. The van der Waals surface area contributed by atoms with E-state index in [1.807, 2.05) is 0 Å². The second-order valence-electron chi connectivity index (χ2n) is 4.15. The second-order valence-corrected chi connectivity index (χ2v) is 5.18. The van der Waals surface area contributed by atoms with Crippen LogP contribution in [0.5, 0.6) is 0 Å². The number of carbonyl (C=O) groups is 1. The zero-order chi connectivity index (χ0) is 13.0. The molecule has 1 aliphatic rings. The summed E-state index contributed by atoms with van der Waals surface area (Å²) in [7, 11) is 1.40. The van der Waals surface area contributed by atoms with Crippen molar-refractivity contribution in [1.82, 2.24) is 10.3 Å². The van der Waals surface area contributed by atoms with Crippen LogP contribution in [-0.4, -0.2) is 37.8 Å². The Morgan fingerprint density at radius 2 is 2.50 bits per heavy atom. The molecule has 2 heterocycles. The van der Waals surface area contributed by atoms with E-state index in [0.29, 0.717) is 11.5 Å². The molecule has 6 heteroatoms. The molecule has 2 rings (SSSR count). The topological polar surface area (TPSA) is 60.5 Å². The van der Waals surface area contributed by atoms with Crippen LogP contribution in [-0.2, 0) is 15.9 Å². The highest BCUT2D eigenvalue weighted by atomic mass is 32.1. The third-order valence-electron chi connectivity index (χ3n) is 2.79. The number of aryl methyl sites for hydroxylation is 1. The average molecular weight is 270 g/mol. The Balaban J connectivity index is 2.23. The molecule has 0 spiro atoms. The summed E-state index contributed by atoms with van der Waals surface area (Å²) in [6.07, 6.45) is 1.76. The Labute approximate surface area is 111 Å². The molecule has 1 aromatic rings. The predicted octanol–water partition coefficient (Wildman–Crippen LogP) is 1.54. The fourth-order valence-electron chi connectivity index (χ4n) is 1.90. The van der Waals surface area contributed by atoms with E-state index in [1.165, 1.54) is 18.4 Å². The van der Waals surface area contributed by atoms with E-state index in [-0.39, 0.29) is 12.0 Å². The maximum Gasteiger partial charge on any atom is 0.349 e. The van der Waals surface area contributed by atoms with Gasteiger partial charge in [0.15, 0.2) is 0 Å². The van der Waals surface area contributed by atoms with Gasteiger partial charge in [0.05, 0.1) is 32.1 Å². The molecule has 5 nitrogen and oxygen atoms in total. The van der Waals surface area contributed by atoms with Crippen molar-refractivity contribution in [2.45, 2.75) is 25.8 Å². The number of hydrogen-bond acceptors (Lipinski definition) is 6. The molecule has 0 saturated carbocycles. The molecule has 0 aliphatic carbocycles. The summed E-state index contributed by atoms with van der Waals surface area (Å²) in [5, 5.41) is 4.26. The molecule has 0 amide bonds. The number of thiazole rings is 1. The molecule has 1 saturated heterocycles. The second kappa shape index (κ2) is 6.26. The van der Waals surface area contributed by atoms with Gasteiger partial charge in [0, 0.05) is 6.54 Å². The number of aromatic nitrogens is 1. The zero-order valence-corrected chi connectivity index (χ0v) is 11.5. The monoisotopic (exact) mass is 270 g/mol.